The van der Waals surface area contributed by atoms with Gasteiger partial charge in [0.05, 0.1) is 0 Å². The van der Waals surface area contributed by atoms with Crippen LogP contribution in [0.5, 0.6) is 0 Å². The molecular weight excluding hydrogens is 490 g/mol. The second-order valence-corrected chi connectivity index (χ2v) is 9.17. The van der Waals surface area contributed by atoms with Crippen molar-refractivity contribution in [3.63, 3.8) is 0 Å². The van der Waals surface area contributed by atoms with Crippen LogP contribution in [0.2, 0.25) is 5.02 Å². The molecule has 0 bridgehead atoms. The van der Waals surface area contributed by atoms with E-state index in [0.717, 1.165) is 42.9 Å². The molecule has 0 aliphatic carbocycles. The first-order valence-corrected chi connectivity index (χ1v) is 12.5. The van der Waals surface area contributed by atoms with E-state index in [2.05, 4.69) is 26.0 Å². The van der Waals surface area contributed by atoms with Crippen LogP contribution in [0.25, 0.3) is 0 Å². The molecule has 3 N–H and O–H groups in total. The summed E-state index contributed by atoms with van der Waals surface area (Å²) in [6.45, 7) is 2.86. The van der Waals surface area contributed by atoms with Crippen molar-refractivity contribution in [3.05, 3.63) is 88.9 Å². The fraction of sp³-hybridized carbons (Fsp3) is 0.250. The number of rotatable bonds is 7. The highest BCUT2D eigenvalue weighted by atomic mass is 35.5. The number of amides is 3. The minimum atomic E-state index is -0.906. The van der Waals surface area contributed by atoms with E-state index in [9.17, 15) is 9.59 Å². The van der Waals surface area contributed by atoms with Crippen LogP contribution in [0.3, 0.4) is 0 Å². The van der Waals surface area contributed by atoms with Crippen molar-refractivity contribution in [1.29, 1.82) is 0 Å². The Morgan fingerprint density at radius 2 is 1.70 bits per heavy atom. The molecule has 192 valence electrons. The summed E-state index contributed by atoms with van der Waals surface area (Å²) in [6.07, 6.45) is 3.00. The zero-order valence-corrected chi connectivity index (χ0v) is 21.6. The number of oxime groups is 1. The number of nitrogens with one attached hydrogen (secondary N) is 3. The smallest absolute Gasteiger partial charge is 0.320 e. The van der Waals surface area contributed by atoms with Crippen molar-refractivity contribution in [2.45, 2.75) is 32.2 Å². The molecule has 0 radical (unpaired) electrons. The van der Waals surface area contributed by atoms with Gasteiger partial charge < -0.3 is 25.7 Å². The monoisotopic (exact) mass is 519 g/mol. The maximum absolute atomic E-state index is 13.4. The third kappa shape index (κ3) is 6.80. The van der Waals surface area contributed by atoms with Crippen LogP contribution in [0.1, 0.15) is 36.4 Å². The Labute approximate surface area is 221 Å². The highest BCUT2D eigenvalue weighted by molar-refractivity contribution is 6.30. The minimum Gasteiger partial charge on any atom is -0.398 e. The van der Waals surface area contributed by atoms with E-state index >= 15 is 0 Å². The van der Waals surface area contributed by atoms with E-state index < -0.39 is 12.1 Å². The normalized spacial score (nSPS) is 15.1. The lowest BCUT2D eigenvalue weighted by Crippen LogP contribution is -2.39. The number of nitrogens with zero attached hydrogens (tertiary/aromatic N) is 2. The van der Waals surface area contributed by atoms with E-state index in [4.69, 9.17) is 16.4 Å². The first-order valence-electron chi connectivity index (χ1n) is 12.1. The van der Waals surface area contributed by atoms with Crippen LogP contribution in [-0.2, 0) is 9.63 Å². The Morgan fingerprint density at radius 3 is 2.41 bits per heavy atom. The number of amidine groups is 1. The molecule has 1 atom stereocenters. The third-order valence-electron chi connectivity index (χ3n) is 6.07. The molecule has 0 saturated carbocycles. The van der Waals surface area contributed by atoms with Crippen molar-refractivity contribution in [3.8, 4) is 0 Å². The quantitative estimate of drug-likeness (QED) is 0.329. The van der Waals surface area contributed by atoms with Gasteiger partial charge in [0, 0.05) is 35.1 Å². The van der Waals surface area contributed by atoms with Crippen molar-refractivity contribution in [2.75, 3.05) is 29.2 Å². The van der Waals surface area contributed by atoms with E-state index in [-0.39, 0.29) is 5.91 Å². The first-order chi connectivity index (χ1) is 17.9. The van der Waals surface area contributed by atoms with E-state index in [1.165, 1.54) is 0 Å². The van der Waals surface area contributed by atoms with Gasteiger partial charge in [0.1, 0.15) is 19.0 Å². The Hall–Kier alpha value is -4.04. The Morgan fingerprint density at radius 1 is 0.973 bits per heavy atom. The largest absolute Gasteiger partial charge is 0.398 e. The van der Waals surface area contributed by atoms with Gasteiger partial charge in [-0.3, -0.25) is 4.79 Å². The second-order valence-electron chi connectivity index (χ2n) is 8.74. The van der Waals surface area contributed by atoms with Crippen LogP contribution in [0, 0.1) is 6.92 Å². The van der Waals surface area contributed by atoms with Crippen LogP contribution in [0.4, 0.5) is 21.9 Å². The molecule has 1 saturated heterocycles. The van der Waals surface area contributed by atoms with Gasteiger partial charge in [-0.15, -0.1) is 0 Å². The molecule has 37 heavy (non-hydrogen) atoms. The maximum Gasteiger partial charge on any atom is 0.320 e. The van der Waals surface area contributed by atoms with Gasteiger partial charge in [0.25, 0.3) is 5.91 Å². The Kier molecular flexibility index (Phi) is 8.64. The summed E-state index contributed by atoms with van der Waals surface area (Å²) >= 11 is 5.92. The SMILES string of the molecule is CO/N=C1\CCCCN1c1ccc(NC(=O)[C@@H](NC(=O)Nc2ccc(Cl)cc2)c2ccccc2)cc1C. The van der Waals surface area contributed by atoms with Crippen LogP contribution in [-0.4, -0.2) is 31.4 Å². The molecule has 1 aliphatic rings. The molecule has 1 heterocycles. The number of halogens is 1. The number of aryl methyl sites for hydroxylation is 1. The Bertz CT molecular complexity index is 1260. The third-order valence-corrected chi connectivity index (χ3v) is 6.32. The lowest BCUT2D eigenvalue weighted by Gasteiger charge is -2.31. The molecule has 0 spiro atoms. The number of carbonyl (C=O) groups excluding carboxylic acids is 2. The molecule has 8 nitrogen and oxygen atoms in total. The van der Waals surface area contributed by atoms with Gasteiger partial charge in [-0.1, -0.05) is 47.1 Å². The zero-order chi connectivity index (χ0) is 26.2. The number of benzene rings is 3. The van der Waals surface area contributed by atoms with Crippen molar-refractivity contribution in [1.82, 2.24) is 5.32 Å². The summed E-state index contributed by atoms with van der Waals surface area (Å²) in [5.41, 5.74) is 3.87. The predicted octanol–water partition coefficient (Wildman–Crippen LogP) is 6.10. The fourth-order valence-corrected chi connectivity index (χ4v) is 4.43. The molecular formula is C28H30ClN5O3. The van der Waals surface area contributed by atoms with Gasteiger partial charge in [0.2, 0.25) is 0 Å². The summed E-state index contributed by atoms with van der Waals surface area (Å²) in [6, 6.07) is 20.2. The van der Waals surface area contributed by atoms with Crippen LogP contribution in [0.15, 0.2) is 78.0 Å². The highest BCUT2D eigenvalue weighted by Gasteiger charge is 2.24. The molecule has 3 aromatic rings. The fourth-order valence-electron chi connectivity index (χ4n) is 4.30. The summed E-state index contributed by atoms with van der Waals surface area (Å²) in [4.78, 5) is 33.3. The van der Waals surface area contributed by atoms with Gasteiger partial charge in [-0.05, 0) is 73.4 Å². The minimum absolute atomic E-state index is 0.357. The van der Waals surface area contributed by atoms with Gasteiger partial charge in [-0.25, -0.2) is 4.79 Å². The average Bonchev–Trinajstić information content (AvgIpc) is 2.90. The summed E-state index contributed by atoms with van der Waals surface area (Å²) in [7, 11) is 1.55. The molecule has 0 unspecified atom stereocenters. The van der Waals surface area contributed by atoms with Crippen molar-refractivity contribution in [2.24, 2.45) is 5.16 Å². The topological polar surface area (TPSA) is 95.1 Å². The molecule has 0 aromatic heterocycles. The number of urea groups is 1. The van der Waals surface area contributed by atoms with Crippen molar-refractivity contribution >= 4 is 46.4 Å². The molecule has 4 rings (SSSR count). The number of hydrogen-bond donors (Lipinski definition) is 3. The van der Waals surface area contributed by atoms with Crippen LogP contribution < -0.4 is 20.9 Å². The maximum atomic E-state index is 13.4. The molecule has 1 fully saturated rings. The highest BCUT2D eigenvalue weighted by Crippen LogP contribution is 2.28. The predicted molar refractivity (Wildman–Crippen MR) is 148 cm³/mol. The van der Waals surface area contributed by atoms with E-state index in [0.29, 0.717) is 22.0 Å². The van der Waals surface area contributed by atoms with E-state index in [1.807, 2.05) is 43.3 Å². The number of carbonyl (C=O) groups is 2. The average molecular weight is 520 g/mol. The van der Waals surface area contributed by atoms with Gasteiger partial charge in [0.15, 0.2) is 0 Å². The number of piperidine rings is 1. The zero-order valence-electron chi connectivity index (χ0n) is 20.8. The van der Waals surface area contributed by atoms with Gasteiger partial charge >= 0.3 is 6.03 Å². The number of anilines is 3. The molecule has 3 aromatic carbocycles. The van der Waals surface area contributed by atoms with Crippen LogP contribution >= 0.6 is 11.6 Å². The number of hydrogen-bond acceptors (Lipinski definition) is 4. The lowest BCUT2D eigenvalue weighted by atomic mass is 10.0. The lowest BCUT2D eigenvalue weighted by molar-refractivity contribution is -0.118. The second kappa shape index (κ2) is 12.3. The summed E-state index contributed by atoms with van der Waals surface area (Å²) in [5, 5.41) is 13.2. The molecule has 3 amide bonds. The summed E-state index contributed by atoms with van der Waals surface area (Å²) < 4.78 is 0. The Balaban J connectivity index is 1.50. The molecule has 9 heteroatoms. The van der Waals surface area contributed by atoms with E-state index in [1.54, 1.807) is 43.5 Å². The van der Waals surface area contributed by atoms with Crippen molar-refractivity contribution < 1.29 is 14.4 Å². The first kappa shape index (κ1) is 26.0. The van der Waals surface area contributed by atoms with Gasteiger partial charge in [-0.2, -0.15) is 0 Å². The standard InChI is InChI=1S/C28H30ClN5O3/c1-19-18-23(15-16-24(19)34-17-7-6-10-25(34)33-37-2)30-27(35)26(20-8-4-3-5-9-20)32-28(36)31-22-13-11-21(29)12-14-22/h3-5,8-9,11-16,18,26H,6-7,10,17H2,1-2H3,(H,30,35)(H2,31,32,36)/b33-25+/t26-/m0/s1. The summed E-state index contributed by atoms with van der Waals surface area (Å²) in [5.74, 6) is 0.540. The molecule has 1 aliphatic heterocycles.